The molecule has 0 bridgehead atoms. The summed E-state index contributed by atoms with van der Waals surface area (Å²) in [7, 11) is 1.66. The van der Waals surface area contributed by atoms with Crippen LogP contribution in [0.4, 0.5) is 16.2 Å². The van der Waals surface area contributed by atoms with Crippen molar-refractivity contribution in [2.75, 3.05) is 69.7 Å². The molecule has 2 aromatic heterocycles. The highest BCUT2D eigenvalue weighted by atomic mass is 19.1. The van der Waals surface area contributed by atoms with Crippen LogP contribution in [0.2, 0.25) is 0 Å². The average molecular weight is 444 g/mol. The molecule has 32 heavy (non-hydrogen) atoms. The second kappa shape index (κ2) is 10.2. The van der Waals surface area contributed by atoms with Gasteiger partial charge in [-0.25, -0.2) is 9.37 Å². The Labute approximate surface area is 187 Å². The lowest BCUT2D eigenvalue weighted by atomic mass is 9.75. The molecule has 2 N–H and O–H groups in total. The van der Waals surface area contributed by atoms with Crippen LogP contribution in [0.1, 0.15) is 18.5 Å². The van der Waals surface area contributed by atoms with Gasteiger partial charge in [-0.15, -0.1) is 0 Å². The molecular weight excluding hydrogens is 413 g/mol. The van der Waals surface area contributed by atoms with Crippen LogP contribution in [0.15, 0.2) is 30.6 Å². The quantitative estimate of drug-likeness (QED) is 0.656. The number of ether oxygens (including phenoxy) is 1. The van der Waals surface area contributed by atoms with E-state index in [4.69, 9.17) is 4.74 Å². The second-order valence-electron chi connectivity index (χ2n) is 8.15. The van der Waals surface area contributed by atoms with Gasteiger partial charge in [-0.2, -0.15) is 4.98 Å². The molecule has 1 unspecified atom stereocenters. The smallest absolute Gasteiger partial charge is 0.233 e. The fraction of sp³-hybridized carbons (Fsp3) is 0.545. The molecule has 0 spiro atoms. The molecule has 0 aromatic carbocycles. The maximum absolute atomic E-state index is 14.3. The van der Waals surface area contributed by atoms with Crippen molar-refractivity contribution < 1.29 is 13.9 Å². The zero-order chi connectivity index (χ0) is 22.4. The number of morpholine rings is 1. The Kier molecular flexibility index (Phi) is 7.11. The molecule has 1 atom stereocenters. The Morgan fingerprint density at radius 2 is 2.09 bits per heavy atom. The van der Waals surface area contributed by atoms with E-state index < -0.39 is 11.2 Å². The molecule has 2 aromatic rings. The molecule has 2 aliphatic heterocycles. The maximum Gasteiger partial charge on any atom is 0.233 e. The Balaban J connectivity index is 1.40. The number of hydrogen-bond donors (Lipinski definition) is 2. The molecule has 0 radical (unpaired) electrons. The minimum Gasteiger partial charge on any atom is -0.378 e. The summed E-state index contributed by atoms with van der Waals surface area (Å²) in [5.41, 5.74) is 0.104. The highest BCUT2D eigenvalue weighted by Crippen LogP contribution is 2.33. The predicted molar refractivity (Wildman–Crippen MR) is 119 cm³/mol. The van der Waals surface area contributed by atoms with Gasteiger partial charge in [0.25, 0.3) is 0 Å². The number of halogens is 1. The second-order valence-corrected chi connectivity index (χ2v) is 8.15. The van der Waals surface area contributed by atoms with Crippen LogP contribution in [0.5, 0.6) is 0 Å². The van der Waals surface area contributed by atoms with Crippen molar-refractivity contribution in [3.8, 4) is 0 Å². The van der Waals surface area contributed by atoms with Crippen molar-refractivity contribution in [3.63, 3.8) is 0 Å². The lowest BCUT2D eigenvalue weighted by molar-refractivity contribution is -0.128. The van der Waals surface area contributed by atoms with Gasteiger partial charge in [0, 0.05) is 46.0 Å². The van der Waals surface area contributed by atoms with Crippen LogP contribution >= 0.6 is 0 Å². The van der Waals surface area contributed by atoms with Gasteiger partial charge >= 0.3 is 0 Å². The fourth-order valence-corrected chi connectivity index (χ4v) is 4.46. The summed E-state index contributed by atoms with van der Waals surface area (Å²) in [6, 6.07) is 5.69. The number of anilines is 2. The topological polar surface area (TPSA) is 95.5 Å². The minimum atomic E-state index is -0.683. The Morgan fingerprint density at radius 3 is 2.84 bits per heavy atom. The van der Waals surface area contributed by atoms with E-state index >= 15 is 0 Å². The number of likely N-dealkylation sites (tertiary alicyclic amines) is 1. The molecule has 9 nitrogen and oxygen atoms in total. The normalized spacial score (nSPS) is 21.9. The van der Waals surface area contributed by atoms with Gasteiger partial charge in [0.2, 0.25) is 11.9 Å². The fourth-order valence-electron chi connectivity index (χ4n) is 4.46. The van der Waals surface area contributed by atoms with Gasteiger partial charge < -0.3 is 25.2 Å². The molecule has 0 aliphatic carbocycles. The van der Waals surface area contributed by atoms with Gasteiger partial charge in [-0.1, -0.05) is 6.07 Å². The number of rotatable bonds is 7. The van der Waals surface area contributed by atoms with Crippen molar-refractivity contribution in [3.05, 3.63) is 42.1 Å². The molecule has 2 fully saturated rings. The van der Waals surface area contributed by atoms with E-state index in [-0.39, 0.29) is 11.7 Å². The van der Waals surface area contributed by atoms with Gasteiger partial charge in [-0.3, -0.25) is 9.78 Å². The molecule has 2 saturated heterocycles. The minimum absolute atomic E-state index is 0.0224. The number of piperidine rings is 1. The summed E-state index contributed by atoms with van der Waals surface area (Å²) in [4.78, 5) is 30.1. The number of carbonyl (C=O) groups excluding carboxylic acids is 1. The monoisotopic (exact) mass is 443 g/mol. The summed E-state index contributed by atoms with van der Waals surface area (Å²) in [5, 5.41) is 5.93. The lowest BCUT2D eigenvalue weighted by Crippen LogP contribution is -2.55. The number of pyridine rings is 1. The highest BCUT2D eigenvalue weighted by molar-refractivity contribution is 5.88. The number of amides is 1. The molecule has 1 amide bonds. The van der Waals surface area contributed by atoms with Crippen LogP contribution in [0.25, 0.3) is 0 Å². The van der Waals surface area contributed by atoms with Crippen LogP contribution in [0.3, 0.4) is 0 Å². The summed E-state index contributed by atoms with van der Waals surface area (Å²) in [6.45, 7) is 5.20. The van der Waals surface area contributed by atoms with Crippen molar-refractivity contribution in [1.82, 2.24) is 25.2 Å². The molecule has 4 rings (SSSR count). The summed E-state index contributed by atoms with van der Waals surface area (Å²) in [5.74, 6) is 0.199. The van der Waals surface area contributed by atoms with E-state index in [1.807, 2.05) is 23.1 Å². The first-order valence-electron chi connectivity index (χ1n) is 11.1. The van der Waals surface area contributed by atoms with E-state index in [0.29, 0.717) is 51.9 Å². The third-order valence-electron chi connectivity index (χ3n) is 6.13. The van der Waals surface area contributed by atoms with Crippen LogP contribution in [-0.2, 0) is 14.9 Å². The third-order valence-corrected chi connectivity index (χ3v) is 6.13. The number of nitrogens with one attached hydrogen (secondary N) is 2. The van der Waals surface area contributed by atoms with Crippen LogP contribution in [0, 0.1) is 5.82 Å². The Bertz CT molecular complexity index is 910. The van der Waals surface area contributed by atoms with Gasteiger partial charge in [0.1, 0.15) is 5.41 Å². The van der Waals surface area contributed by atoms with Gasteiger partial charge in [0.05, 0.1) is 25.1 Å². The van der Waals surface area contributed by atoms with E-state index in [0.717, 1.165) is 25.1 Å². The third kappa shape index (κ3) is 4.81. The number of hydrogen-bond acceptors (Lipinski definition) is 8. The van der Waals surface area contributed by atoms with Crippen LogP contribution < -0.4 is 15.5 Å². The number of likely N-dealkylation sites (N-methyl/N-ethyl adjacent to an activating group) is 1. The summed E-state index contributed by atoms with van der Waals surface area (Å²) < 4.78 is 19.6. The van der Waals surface area contributed by atoms with Crippen molar-refractivity contribution in [2.45, 2.75) is 18.3 Å². The van der Waals surface area contributed by atoms with E-state index in [2.05, 4.69) is 30.5 Å². The zero-order valence-electron chi connectivity index (χ0n) is 18.4. The molecular formula is C22H30FN7O2. The zero-order valence-corrected chi connectivity index (χ0v) is 18.4. The van der Waals surface area contributed by atoms with E-state index in [1.165, 1.54) is 6.20 Å². The number of nitrogens with zero attached hydrogens (tertiary/aromatic N) is 5. The van der Waals surface area contributed by atoms with Crippen molar-refractivity contribution >= 4 is 17.7 Å². The molecule has 0 saturated carbocycles. The number of aromatic nitrogens is 3. The van der Waals surface area contributed by atoms with Crippen molar-refractivity contribution in [1.29, 1.82) is 0 Å². The van der Waals surface area contributed by atoms with Gasteiger partial charge in [0.15, 0.2) is 11.6 Å². The first-order chi connectivity index (χ1) is 15.6. The Morgan fingerprint density at radius 1 is 1.25 bits per heavy atom. The molecule has 10 heteroatoms. The van der Waals surface area contributed by atoms with Gasteiger partial charge in [-0.05, 0) is 31.5 Å². The van der Waals surface area contributed by atoms with E-state index in [9.17, 15) is 9.18 Å². The largest absolute Gasteiger partial charge is 0.378 e. The maximum atomic E-state index is 14.3. The predicted octanol–water partition coefficient (Wildman–Crippen LogP) is 1.04. The molecule has 172 valence electrons. The number of carbonyl (C=O) groups is 1. The molecule has 4 heterocycles. The highest BCUT2D eigenvalue weighted by Gasteiger charge is 2.44. The standard InChI is InChI=1S/C22H30FN7O2/c1-24-20(31)22(18-5-2-3-7-25-18)6-4-9-29(16-22)10-8-26-19-17(23)15-27-21(28-19)30-11-13-32-14-12-30/h2-3,5,7,15H,4,6,8-14,16H2,1H3,(H,24,31)(H,26,27,28). The summed E-state index contributed by atoms with van der Waals surface area (Å²) >= 11 is 0. The van der Waals surface area contributed by atoms with Crippen LogP contribution in [-0.4, -0.2) is 85.3 Å². The van der Waals surface area contributed by atoms with Crippen molar-refractivity contribution in [2.24, 2.45) is 0 Å². The first-order valence-corrected chi connectivity index (χ1v) is 11.1. The van der Waals surface area contributed by atoms with E-state index in [1.54, 1.807) is 13.2 Å². The average Bonchev–Trinajstić information content (AvgIpc) is 2.86. The Hall–Kier alpha value is -2.85. The molecule has 2 aliphatic rings. The SMILES string of the molecule is CNC(=O)C1(c2ccccn2)CCCN(CCNc2nc(N3CCOCC3)ncc2F)C1. The summed E-state index contributed by atoms with van der Waals surface area (Å²) in [6.07, 6.45) is 4.56. The first kappa shape index (κ1) is 22.3. The lowest BCUT2D eigenvalue weighted by Gasteiger charge is -2.41.